The summed E-state index contributed by atoms with van der Waals surface area (Å²) in [6, 6.07) is 0. The maximum atomic E-state index is 11.6. The Morgan fingerprint density at radius 2 is 1.92 bits per heavy atom. The second-order valence-corrected chi connectivity index (χ2v) is 8.59. The Morgan fingerprint density at radius 3 is 2.48 bits per heavy atom. The zero-order valence-electron chi connectivity index (χ0n) is 16.3. The summed E-state index contributed by atoms with van der Waals surface area (Å²) in [6.45, 7) is 9.13. The summed E-state index contributed by atoms with van der Waals surface area (Å²) in [5.74, 6) is 1.64. The normalized spacial score (nSPS) is 17.1. The van der Waals surface area contributed by atoms with Crippen molar-refractivity contribution in [1.82, 2.24) is 14.5 Å². The molecule has 0 atom stereocenters. The second kappa shape index (κ2) is 11.7. The van der Waals surface area contributed by atoms with Crippen molar-refractivity contribution in [3.05, 3.63) is 0 Å². The first-order chi connectivity index (χ1) is 11.9. The Labute approximate surface area is 153 Å². The van der Waals surface area contributed by atoms with Crippen LogP contribution in [0.25, 0.3) is 0 Å². The van der Waals surface area contributed by atoms with Crippen LogP contribution in [-0.2, 0) is 14.8 Å². The lowest BCUT2D eigenvalue weighted by atomic mass is 9.96. The van der Waals surface area contributed by atoms with Gasteiger partial charge in [-0.15, -0.1) is 0 Å². The predicted octanol–water partition coefficient (Wildman–Crippen LogP) is 1.37. The lowest BCUT2D eigenvalue weighted by Crippen LogP contribution is -2.40. The molecule has 0 aromatic rings. The van der Waals surface area contributed by atoms with Crippen LogP contribution in [0.2, 0.25) is 0 Å². The molecule has 0 bridgehead atoms. The standard InChI is InChI=1S/C17H36N4O3S/c1-5-18-17(19-11-7-12-21(6-2)25(4,22)23)20(3)13-8-16-9-14-24-15-10-16/h16H,5-15H2,1-4H3,(H,18,19). The number of aliphatic imine (C=N–C) groups is 1. The van der Waals surface area contributed by atoms with Crippen molar-refractivity contribution in [2.75, 3.05) is 59.2 Å². The van der Waals surface area contributed by atoms with Gasteiger partial charge < -0.3 is 15.0 Å². The van der Waals surface area contributed by atoms with Gasteiger partial charge in [-0.25, -0.2) is 12.7 Å². The molecule has 0 spiro atoms. The van der Waals surface area contributed by atoms with E-state index in [4.69, 9.17) is 4.74 Å². The Kier molecular flexibility index (Phi) is 10.4. The van der Waals surface area contributed by atoms with Gasteiger partial charge in [0.05, 0.1) is 6.26 Å². The van der Waals surface area contributed by atoms with E-state index in [1.807, 2.05) is 6.92 Å². The van der Waals surface area contributed by atoms with E-state index < -0.39 is 10.0 Å². The molecule has 1 saturated heterocycles. The molecule has 25 heavy (non-hydrogen) atoms. The van der Waals surface area contributed by atoms with Gasteiger partial charge in [-0.2, -0.15) is 0 Å². The van der Waals surface area contributed by atoms with Crippen LogP contribution in [0.3, 0.4) is 0 Å². The van der Waals surface area contributed by atoms with Gasteiger partial charge in [0.15, 0.2) is 5.96 Å². The lowest BCUT2D eigenvalue weighted by molar-refractivity contribution is 0.0625. The van der Waals surface area contributed by atoms with Crippen LogP contribution < -0.4 is 5.32 Å². The molecule has 1 aliphatic rings. The second-order valence-electron chi connectivity index (χ2n) is 6.61. The molecule has 0 saturated carbocycles. The monoisotopic (exact) mass is 376 g/mol. The average molecular weight is 377 g/mol. The predicted molar refractivity (Wildman–Crippen MR) is 103 cm³/mol. The number of guanidine groups is 1. The first-order valence-corrected chi connectivity index (χ1v) is 11.3. The quantitative estimate of drug-likeness (QED) is 0.354. The van der Waals surface area contributed by atoms with Crippen molar-refractivity contribution in [3.8, 4) is 0 Å². The zero-order chi connectivity index (χ0) is 18.7. The summed E-state index contributed by atoms with van der Waals surface area (Å²) >= 11 is 0. The molecule has 0 aliphatic carbocycles. The minimum absolute atomic E-state index is 0.508. The average Bonchev–Trinajstić information content (AvgIpc) is 2.58. The summed E-state index contributed by atoms with van der Waals surface area (Å²) < 4.78 is 30.1. The van der Waals surface area contributed by atoms with Crippen LogP contribution in [0, 0.1) is 5.92 Å². The van der Waals surface area contributed by atoms with Crippen LogP contribution in [-0.4, -0.2) is 82.8 Å². The van der Waals surface area contributed by atoms with E-state index >= 15 is 0 Å². The van der Waals surface area contributed by atoms with Gasteiger partial charge in [-0.1, -0.05) is 6.92 Å². The van der Waals surface area contributed by atoms with Gasteiger partial charge in [0.2, 0.25) is 10.0 Å². The van der Waals surface area contributed by atoms with E-state index in [1.165, 1.54) is 10.6 Å². The highest BCUT2D eigenvalue weighted by Crippen LogP contribution is 2.18. The van der Waals surface area contributed by atoms with E-state index in [2.05, 4.69) is 29.2 Å². The fourth-order valence-electron chi connectivity index (χ4n) is 2.98. The van der Waals surface area contributed by atoms with Gasteiger partial charge >= 0.3 is 0 Å². The highest BCUT2D eigenvalue weighted by atomic mass is 32.2. The molecular formula is C17H36N4O3S. The van der Waals surface area contributed by atoms with Crippen LogP contribution in [0.5, 0.6) is 0 Å². The van der Waals surface area contributed by atoms with Crippen molar-refractivity contribution in [3.63, 3.8) is 0 Å². The smallest absolute Gasteiger partial charge is 0.211 e. The molecule has 0 aromatic heterocycles. The summed E-state index contributed by atoms with van der Waals surface area (Å²) in [5, 5.41) is 3.32. The highest BCUT2D eigenvalue weighted by molar-refractivity contribution is 7.88. The summed E-state index contributed by atoms with van der Waals surface area (Å²) in [6.07, 6.45) is 5.44. The molecule has 0 unspecified atom stereocenters. The molecule has 1 fully saturated rings. The van der Waals surface area contributed by atoms with Gasteiger partial charge in [-0.3, -0.25) is 4.99 Å². The molecule has 0 amide bonds. The van der Waals surface area contributed by atoms with Crippen LogP contribution >= 0.6 is 0 Å². The topological polar surface area (TPSA) is 74.2 Å². The van der Waals surface area contributed by atoms with Crippen LogP contribution in [0.15, 0.2) is 4.99 Å². The number of hydrogen-bond donors (Lipinski definition) is 1. The van der Waals surface area contributed by atoms with E-state index in [0.29, 0.717) is 19.6 Å². The van der Waals surface area contributed by atoms with Gasteiger partial charge in [0, 0.05) is 53.0 Å². The number of rotatable bonds is 10. The SMILES string of the molecule is CCNC(=NCCCN(CC)S(C)(=O)=O)N(C)CCC1CCOCC1. The molecule has 7 nitrogen and oxygen atoms in total. The lowest BCUT2D eigenvalue weighted by Gasteiger charge is -2.27. The van der Waals surface area contributed by atoms with Crippen molar-refractivity contribution >= 4 is 16.0 Å². The molecular weight excluding hydrogens is 340 g/mol. The first kappa shape index (κ1) is 22.2. The Hall–Kier alpha value is -0.860. The van der Waals surface area contributed by atoms with Crippen molar-refractivity contribution in [2.24, 2.45) is 10.9 Å². The Morgan fingerprint density at radius 1 is 1.24 bits per heavy atom. The summed E-state index contributed by atoms with van der Waals surface area (Å²) in [5.41, 5.74) is 0. The van der Waals surface area contributed by atoms with Crippen molar-refractivity contribution in [2.45, 2.75) is 39.5 Å². The Balaban J connectivity index is 2.43. The molecule has 1 aliphatic heterocycles. The maximum absolute atomic E-state index is 11.6. The molecule has 8 heteroatoms. The number of ether oxygens (including phenoxy) is 1. The van der Waals surface area contributed by atoms with Gasteiger partial charge in [-0.05, 0) is 38.5 Å². The molecule has 1 N–H and O–H groups in total. The van der Waals surface area contributed by atoms with E-state index in [0.717, 1.165) is 63.9 Å². The van der Waals surface area contributed by atoms with Crippen molar-refractivity contribution < 1.29 is 13.2 Å². The molecule has 0 radical (unpaired) electrons. The number of nitrogens with one attached hydrogen (secondary N) is 1. The third-order valence-electron chi connectivity index (χ3n) is 4.56. The number of hydrogen-bond acceptors (Lipinski definition) is 4. The maximum Gasteiger partial charge on any atom is 0.211 e. The summed E-state index contributed by atoms with van der Waals surface area (Å²) in [7, 11) is -1.05. The number of sulfonamides is 1. The fraction of sp³-hybridized carbons (Fsp3) is 0.941. The summed E-state index contributed by atoms with van der Waals surface area (Å²) in [4.78, 5) is 6.82. The number of nitrogens with zero attached hydrogens (tertiary/aromatic N) is 3. The van der Waals surface area contributed by atoms with Gasteiger partial charge in [0.25, 0.3) is 0 Å². The largest absolute Gasteiger partial charge is 0.381 e. The zero-order valence-corrected chi connectivity index (χ0v) is 17.1. The van der Waals surface area contributed by atoms with E-state index in [-0.39, 0.29) is 0 Å². The van der Waals surface area contributed by atoms with Crippen molar-refractivity contribution in [1.29, 1.82) is 0 Å². The minimum atomic E-state index is -3.11. The molecule has 0 aromatic carbocycles. The Bertz CT molecular complexity index is 490. The highest BCUT2D eigenvalue weighted by Gasteiger charge is 2.16. The first-order valence-electron chi connectivity index (χ1n) is 9.40. The van der Waals surface area contributed by atoms with E-state index in [1.54, 1.807) is 0 Å². The molecule has 1 heterocycles. The molecule has 1 rings (SSSR count). The van der Waals surface area contributed by atoms with Gasteiger partial charge in [0.1, 0.15) is 0 Å². The third kappa shape index (κ3) is 8.87. The van der Waals surface area contributed by atoms with E-state index in [9.17, 15) is 8.42 Å². The fourth-order valence-corrected chi connectivity index (χ4v) is 3.91. The minimum Gasteiger partial charge on any atom is -0.381 e. The third-order valence-corrected chi connectivity index (χ3v) is 5.94. The van der Waals surface area contributed by atoms with Crippen LogP contribution in [0.1, 0.15) is 39.5 Å². The van der Waals surface area contributed by atoms with Crippen LogP contribution in [0.4, 0.5) is 0 Å². The molecule has 148 valence electrons.